The van der Waals surface area contributed by atoms with Crippen LogP contribution in [0.2, 0.25) is 0 Å². The Balaban J connectivity index is 2.06. The zero-order chi connectivity index (χ0) is 13.0. The van der Waals surface area contributed by atoms with Crippen LogP contribution in [0.25, 0.3) is 0 Å². The largest absolute Gasteiger partial charge is 0.497 e. The van der Waals surface area contributed by atoms with Crippen LogP contribution < -0.4 is 10.5 Å². The molecule has 18 heavy (non-hydrogen) atoms. The Morgan fingerprint density at radius 2 is 2.06 bits per heavy atom. The molecule has 0 saturated heterocycles. The number of ether oxygens (including phenoxy) is 1. The second-order valence-electron chi connectivity index (χ2n) is 5.07. The Hall–Kier alpha value is -1.22. The van der Waals surface area contributed by atoms with Crippen LogP contribution in [0.4, 0.5) is 5.69 Å². The molecule has 0 heterocycles. The third-order valence-electron chi connectivity index (χ3n) is 3.97. The highest BCUT2D eigenvalue weighted by Gasteiger charge is 2.21. The van der Waals surface area contributed by atoms with Crippen molar-refractivity contribution in [1.82, 2.24) is 4.90 Å². The van der Waals surface area contributed by atoms with Crippen molar-refractivity contribution < 1.29 is 4.74 Å². The molecular weight excluding hydrogens is 224 g/mol. The van der Waals surface area contributed by atoms with Crippen LogP contribution in [0.3, 0.4) is 0 Å². The van der Waals surface area contributed by atoms with Crippen LogP contribution in [0.1, 0.15) is 38.2 Å². The molecule has 1 fully saturated rings. The van der Waals surface area contributed by atoms with E-state index in [-0.39, 0.29) is 0 Å². The average Bonchev–Trinajstić information content (AvgIpc) is 2.91. The lowest BCUT2D eigenvalue weighted by Gasteiger charge is -2.28. The Morgan fingerprint density at radius 1 is 1.33 bits per heavy atom. The first-order valence-corrected chi connectivity index (χ1v) is 6.91. The first-order valence-electron chi connectivity index (χ1n) is 6.91. The van der Waals surface area contributed by atoms with Crippen molar-refractivity contribution in [3.05, 3.63) is 23.8 Å². The van der Waals surface area contributed by atoms with E-state index in [0.717, 1.165) is 30.6 Å². The molecule has 2 rings (SSSR count). The van der Waals surface area contributed by atoms with Crippen LogP contribution in [0.5, 0.6) is 5.75 Å². The molecule has 0 unspecified atom stereocenters. The SMILES string of the molecule is CCN(Cc1ccc(OC)cc1N)C1CCCC1. The van der Waals surface area contributed by atoms with Gasteiger partial charge in [-0.15, -0.1) is 0 Å². The predicted octanol–water partition coefficient (Wildman–Crippen LogP) is 3.04. The van der Waals surface area contributed by atoms with Gasteiger partial charge in [-0.1, -0.05) is 25.8 Å². The second kappa shape index (κ2) is 6.10. The first-order chi connectivity index (χ1) is 8.74. The van der Waals surface area contributed by atoms with Crippen molar-refractivity contribution in [2.24, 2.45) is 0 Å². The molecule has 0 aliphatic heterocycles. The fourth-order valence-corrected chi connectivity index (χ4v) is 2.83. The van der Waals surface area contributed by atoms with Gasteiger partial charge in [0.15, 0.2) is 0 Å². The lowest BCUT2D eigenvalue weighted by Crippen LogP contribution is -2.32. The Kier molecular flexibility index (Phi) is 4.48. The second-order valence-corrected chi connectivity index (χ2v) is 5.07. The molecule has 0 amide bonds. The van der Waals surface area contributed by atoms with E-state index in [1.165, 1.54) is 31.2 Å². The number of nitrogens with two attached hydrogens (primary N) is 1. The standard InChI is InChI=1S/C15H24N2O/c1-3-17(13-6-4-5-7-13)11-12-8-9-14(18-2)10-15(12)16/h8-10,13H,3-7,11,16H2,1-2H3. The summed E-state index contributed by atoms with van der Waals surface area (Å²) in [6.07, 6.45) is 5.42. The van der Waals surface area contributed by atoms with E-state index in [0.29, 0.717) is 0 Å². The van der Waals surface area contributed by atoms with Gasteiger partial charge in [-0.2, -0.15) is 0 Å². The topological polar surface area (TPSA) is 38.5 Å². The molecule has 1 aromatic carbocycles. The average molecular weight is 248 g/mol. The molecule has 1 aromatic rings. The molecule has 1 aliphatic carbocycles. The fourth-order valence-electron chi connectivity index (χ4n) is 2.83. The highest BCUT2D eigenvalue weighted by molar-refractivity contribution is 5.51. The van der Waals surface area contributed by atoms with Crippen LogP contribution >= 0.6 is 0 Å². The zero-order valence-electron chi connectivity index (χ0n) is 11.5. The summed E-state index contributed by atoms with van der Waals surface area (Å²) in [5, 5.41) is 0. The number of methoxy groups -OCH3 is 1. The molecule has 3 heteroatoms. The number of rotatable bonds is 5. The molecule has 1 saturated carbocycles. The minimum atomic E-state index is 0.747. The van der Waals surface area contributed by atoms with Crippen LogP contribution in [-0.2, 0) is 6.54 Å². The van der Waals surface area contributed by atoms with Gasteiger partial charge in [0.05, 0.1) is 7.11 Å². The van der Waals surface area contributed by atoms with Gasteiger partial charge in [0.25, 0.3) is 0 Å². The number of hydrogen-bond donors (Lipinski definition) is 1. The Labute approximate surface area is 110 Å². The number of anilines is 1. The molecule has 0 spiro atoms. The molecule has 0 aromatic heterocycles. The lowest BCUT2D eigenvalue weighted by molar-refractivity contribution is 0.200. The van der Waals surface area contributed by atoms with Crippen molar-refractivity contribution in [3.63, 3.8) is 0 Å². The molecule has 0 bridgehead atoms. The first kappa shape index (κ1) is 13.2. The number of benzene rings is 1. The monoisotopic (exact) mass is 248 g/mol. The summed E-state index contributed by atoms with van der Waals surface area (Å²) in [6, 6.07) is 6.74. The Bertz CT molecular complexity index is 386. The van der Waals surface area contributed by atoms with Gasteiger partial charge >= 0.3 is 0 Å². The van der Waals surface area contributed by atoms with Crippen molar-refractivity contribution >= 4 is 5.69 Å². The van der Waals surface area contributed by atoms with E-state index in [1.807, 2.05) is 12.1 Å². The van der Waals surface area contributed by atoms with Gasteiger partial charge in [-0.3, -0.25) is 4.90 Å². The van der Waals surface area contributed by atoms with Crippen LogP contribution in [0.15, 0.2) is 18.2 Å². The maximum Gasteiger partial charge on any atom is 0.120 e. The quantitative estimate of drug-likeness (QED) is 0.814. The van der Waals surface area contributed by atoms with Crippen molar-refractivity contribution in [3.8, 4) is 5.75 Å². The van der Waals surface area contributed by atoms with Gasteiger partial charge in [-0.25, -0.2) is 0 Å². The van der Waals surface area contributed by atoms with Crippen molar-refractivity contribution in [2.45, 2.75) is 45.2 Å². The number of nitrogen functional groups attached to an aromatic ring is 1. The smallest absolute Gasteiger partial charge is 0.120 e. The predicted molar refractivity (Wildman–Crippen MR) is 75.7 cm³/mol. The normalized spacial score (nSPS) is 16.4. The van der Waals surface area contributed by atoms with Gasteiger partial charge in [0, 0.05) is 24.3 Å². The van der Waals surface area contributed by atoms with Gasteiger partial charge in [0.1, 0.15) is 5.75 Å². The van der Waals surface area contributed by atoms with Gasteiger partial charge in [0.2, 0.25) is 0 Å². The maximum atomic E-state index is 6.09. The third-order valence-corrected chi connectivity index (χ3v) is 3.97. The number of nitrogens with zero attached hydrogens (tertiary/aromatic N) is 1. The molecule has 0 radical (unpaired) electrons. The van der Waals surface area contributed by atoms with Gasteiger partial charge in [-0.05, 0) is 31.0 Å². The minimum absolute atomic E-state index is 0.747. The van der Waals surface area contributed by atoms with E-state index in [2.05, 4.69) is 17.9 Å². The fraction of sp³-hybridized carbons (Fsp3) is 0.600. The molecule has 100 valence electrons. The van der Waals surface area contributed by atoms with Crippen LogP contribution in [-0.4, -0.2) is 24.6 Å². The van der Waals surface area contributed by atoms with Crippen molar-refractivity contribution in [1.29, 1.82) is 0 Å². The zero-order valence-corrected chi connectivity index (χ0v) is 11.5. The summed E-state index contributed by atoms with van der Waals surface area (Å²) in [4.78, 5) is 2.55. The number of hydrogen-bond acceptors (Lipinski definition) is 3. The summed E-state index contributed by atoms with van der Waals surface area (Å²) < 4.78 is 5.19. The van der Waals surface area contributed by atoms with Crippen molar-refractivity contribution in [2.75, 3.05) is 19.4 Å². The summed E-state index contributed by atoms with van der Waals surface area (Å²) in [7, 11) is 1.67. The third kappa shape index (κ3) is 2.96. The van der Waals surface area contributed by atoms with E-state index in [9.17, 15) is 0 Å². The summed E-state index contributed by atoms with van der Waals surface area (Å²) in [5.41, 5.74) is 8.14. The van der Waals surface area contributed by atoms with E-state index in [4.69, 9.17) is 10.5 Å². The van der Waals surface area contributed by atoms with Gasteiger partial charge < -0.3 is 10.5 Å². The molecule has 3 nitrogen and oxygen atoms in total. The Morgan fingerprint density at radius 3 is 2.61 bits per heavy atom. The lowest BCUT2D eigenvalue weighted by atomic mass is 10.1. The molecular formula is C15H24N2O. The summed E-state index contributed by atoms with van der Waals surface area (Å²) in [6.45, 7) is 4.28. The minimum Gasteiger partial charge on any atom is -0.497 e. The molecule has 2 N–H and O–H groups in total. The summed E-state index contributed by atoms with van der Waals surface area (Å²) in [5.74, 6) is 0.833. The maximum absolute atomic E-state index is 6.09. The van der Waals surface area contributed by atoms with E-state index < -0.39 is 0 Å². The highest BCUT2D eigenvalue weighted by atomic mass is 16.5. The van der Waals surface area contributed by atoms with Crippen LogP contribution in [0, 0.1) is 0 Å². The highest BCUT2D eigenvalue weighted by Crippen LogP contribution is 2.27. The molecule has 0 atom stereocenters. The molecule has 1 aliphatic rings. The van der Waals surface area contributed by atoms with E-state index >= 15 is 0 Å². The van der Waals surface area contributed by atoms with E-state index in [1.54, 1.807) is 7.11 Å². The summed E-state index contributed by atoms with van der Waals surface area (Å²) >= 11 is 0.